The molecular weight excluding hydrogens is 544 g/mol. The first-order valence-electron chi connectivity index (χ1n) is 11.5. The molecule has 2 rings (SSSR count). The van der Waals surface area contributed by atoms with Crippen LogP contribution in [0.25, 0.3) is 0 Å². The molecule has 0 N–H and O–H groups in total. The molecule has 0 atom stereocenters. The number of halogens is 1. The van der Waals surface area contributed by atoms with Crippen LogP contribution in [0.4, 0.5) is 0 Å². The van der Waals surface area contributed by atoms with Crippen LogP contribution in [0.2, 0.25) is 0 Å². The van der Waals surface area contributed by atoms with Crippen molar-refractivity contribution in [2.24, 2.45) is 0 Å². The molecule has 2 aromatic carbocycles. The average molecular weight is 590 g/mol. The second-order valence-electron chi connectivity index (χ2n) is 9.78. The van der Waals surface area contributed by atoms with E-state index in [0.717, 1.165) is 16.0 Å². The van der Waals surface area contributed by atoms with E-state index in [1.54, 1.807) is 40.2 Å². The van der Waals surface area contributed by atoms with Gasteiger partial charge in [-0.1, -0.05) is 93.9 Å². The lowest BCUT2D eigenvalue weighted by Crippen LogP contribution is -2.17. The van der Waals surface area contributed by atoms with E-state index in [1.807, 2.05) is 12.1 Å². The summed E-state index contributed by atoms with van der Waals surface area (Å²) in [4.78, 5) is 2.39. The Bertz CT molecular complexity index is 806. The number of hydrogen-bond donors (Lipinski definition) is 1. The van der Waals surface area contributed by atoms with Crippen LogP contribution < -0.4 is 0 Å². The molecule has 2 aromatic rings. The maximum Gasteiger partial charge on any atom is 0.166 e. The molecule has 0 bridgehead atoms. The third-order valence-electron chi connectivity index (χ3n) is 4.96. The molecule has 0 aliphatic heterocycles. The highest BCUT2D eigenvalue weighted by molar-refractivity contribution is 9.09. The van der Waals surface area contributed by atoms with Crippen LogP contribution in [0.1, 0.15) is 52.7 Å². The summed E-state index contributed by atoms with van der Waals surface area (Å²) in [5, 5.41) is 0.722. The molecule has 7 heteroatoms. The second kappa shape index (κ2) is 17.8. The van der Waals surface area contributed by atoms with Crippen molar-refractivity contribution in [3.05, 3.63) is 59.7 Å². The molecule has 0 radical (unpaired) electrons. The first-order valence-corrected chi connectivity index (χ1v) is 14.1. The molecule has 4 nitrogen and oxygen atoms in total. The van der Waals surface area contributed by atoms with Gasteiger partial charge < -0.3 is 18.9 Å². The Kier molecular flexibility index (Phi) is 17.6. The topological polar surface area (TPSA) is 36.9 Å². The Morgan fingerprint density at radius 1 is 0.714 bits per heavy atom. The van der Waals surface area contributed by atoms with Crippen LogP contribution in [0, 0.1) is 0 Å². The number of alkyl halides is 1. The van der Waals surface area contributed by atoms with Crippen molar-refractivity contribution in [3.63, 3.8) is 0 Å². The zero-order valence-corrected chi connectivity index (χ0v) is 26.4. The van der Waals surface area contributed by atoms with Gasteiger partial charge in [0.1, 0.15) is 0 Å². The molecule has 0 saturated heterocycles. The van der Waals surface area contributed by atoms with Gasteiger partial charge in [-0.05, 0) is 34.1 Å². The summed E-state index contributed by atoms with van der Waals surface area (Å²) in [5.41, 5.74) is 3.05. The van der Waals surface area contributed by atoms with E-state index in [0.29, 0.717) is 0 Å². The minimum atomic E-state index is -0.145. The summed E-state index contributed by atoms with van der Waals surface area (Å²) in [5.74, 6) is 0.806. The number of ether oxygens (including phenoxy) is 4. The van der Waals surface area contributed by atoms with Crippen LogP contribution in [0.15, 0.2) is 58.3 Å². The maximum atomic E-state index is 5.20. The van der Waals surface area contributed by atoms with E-state index in [1.165, 1.54) is 16.0 Å². The Morgan fingerprint density at radius 3 is 1.49 bits per heavy atom. The molecule has 0 spiro atoms. The molecule has 200 valence electrons. The summed E-state index contributed by atoms with van der Waals surface area (Å²) in [6, 6.07) is 16.7. The smallest absolute Gasteiger partial charge is 0.166 e. The van der Waals surface area contributed by atoms with Gasteiger partial charge in [0.15, 0.2) is 12.6 Å². The molecule has 35 heavy (non-hydrogen) atoms. The molecule has 0 aliphatic carbocycles. The van der Waals surface area contributed by atoms with E-state index in [9.17, 15) is 0 Å². The first kappa shape index (κ1) is 34.5. The standard InChI is InChI=1S/C14H22O2S.C10H14S.C4H9BrO2/c1-14(2,3)11-8-6-7-9-12(11)17-10-13(15-4)16-5;1-10(2,3)8-6-4-5-7-9(8)11;1-6-4(3-5)7-2/h6-9,13H,10H2,1-5H3;4-7,11H,1-3H3;4H,3H2,1-2H3. The van der Waals surface area contributed by atoms with Crippen LogP contribution in [-0.2, 0) is 29.8 Å². The van der Waals surface area contributed by atoms with Gasteiger partial charge in [0.25, 0.3) is 0 Å². The van der Waals surface area contributed by atoms with Crippen LogP contribution in [0.3, 0.4) is 0 Å². The molecule has 0 unspecified atom stereocenters. The number of rotatable bonds is 8. The largest absolute Gasteiger partial charge is 0.355 e. The molecule has 0 aromatic heterocycles. The van der Waals surface area contributed by atoms with E-state index >= 15 is 0 Å². The molecule has 0 saturated carbocycles. The Balaban J connectivity index is 0.000000550. The van der Waals surface area contributed by atoms with E-state index in [-0.39, 0.29) is 23.4 Å². The summed E-state index contributed by atoms with van der Waals surface area (Å²) < 4.78 is 20.0. The van der Waals surface area contributed by atoms with Gasteiger partial charge in [0.05, 0.1) is 5.33 Å². The maximum absolute atomic E-state index is 5.20. The van der Waals surface area contributed by atoms with Crippen molar-refractivity contribution >= 4 is 40.3 Å². The Morgan fingerprint density at radius 2 is 1.14 bits per heavy atom. The second-order valence-corrected chi connectivity index (χ2v) is 12.0. The average Bonchev–Trinajstić information content (AvgIpc) is 2.81. The van der Waals surface area contributed by atoms with Crippen LogP contribution in [0.5, 0.6) is 0 Å². The highest BCUT2D eigenvalue weighted by atomic mass is 79.9. The fourth-order valence-corrected chi connectivity index (χ4v) is 5.25. The lowest BCUT2D eigenvalue weighted by molar-refractivity contribution is -0.0842. The highest BCUT2D eigenvalue weighted by Crippen LogP contribution is 2.32. The third kappa shape index (κ3) is 14.1. The fraction of sp³-hybridized carbons (Fsp3) is 0.571. The Labute approximate surface area is 232 Å². The molecule has 0 aliphatic rings. The number of thiol groups is 1. The Hall–Kier alpha value is -0.540. The lowest BCUT2D eigenvalue weighted by Gasteiger charge is -2.23. The summed E-state index contributed by atoms with van der Waals surface area (Å²) in [6.45, 7) is 13.3. The van der Waals surface area contributed by atoms with E-state index in [2.05, 4.69) is 106 Å². The number of hydrogen-bond acceptors (Lipinski definition) is 6. The summed E-state index contributed by atoms with van der Waals surface area (Å²) >= 11 is 9.36. The van der Waals surface area contributed by atoms with Gasteiger partial charge in [-0.3, -0.25) is 0 Å². The molecular formula is C28H45BrO4S2. The summed E-state index contributed by atoms with van der Waals surface area (Å²) in [6.07, 6.45) is -0.243. The zero-order valence-electron chi connectivity index (χ0n) is 23.1. The van der Waals surface area contributed by atoms with E-state index in [4.69, 9.17) is 18.9 Å². The van der Waals surface area contributed by atoms with Gasteiger partial charge in [-0.25, -0.2) is 0 Å². The SMILES string of the molecule is CC(C)(C)c1ccccc1S.COC(CBr)OC.COC(CSc1ccccc1C(C)(C)C)OC. The predicted molar refractivity (Wildman–Crippen MR) is 158 cm³/mol. The molecule has 0 heterocycles. The van der Waals surface area contributed by atoms with Crippen molar-refractivity contribution in [1.82, 2.24) is 0 Å². The molecule has 0 amide bonds. The number of methoxy groups -OCH3 is 4. The van der Waals surface area contributed by atoms with Crippen molar-refractivity contribution in [2.75, 3.05) is 39.5 Å². The number of thioether (sulfide) groups is 1. The fourth-order valence-electron chi connectivity index (χ4n) is 2.93. The summed E-state index contributed by atoms with van der Waals surface area (Å²) in [7, 11) is 6.56. The van der Waals surface area contributed by atoms with Crippen molar-refractivity contribution < 1.29 is 18.9 Å². The van der Waals surface area contributed by atoms with Crippen molar-refractivity contribution in [3.8, 4) is 0 Å². The van der Waals surface area contributed by atoms with Crippen LogP contribution in [-0.4, -0.2) is 52.1 Å². The monoisotopic (exact) mass is 588 g/mol. The van der Waals surface area contributed by atoms with Gasteiger partial charge in [0.2, 0.25) is 0 Å². The van der Waals surface area contributed by atoms with Gasteiger partial charge >= 0.3 is 0 Å². The zero-order chi connectivity index (χ0) is 27.1. The van der Waals surface area contributed by atoms with Crippen molar-refractivity contribution in [1.29, 1.82) is 0 Å². The molecule has 0 fully saturated rings. The minimum absolute atomic E-state index is 0.0972. The quantitative estimate of drug-likeness (QED) is 0.146. The predicted octanol–water partition coefficient (Wildman–Crippen LogP) is 7.97. The minimum Gasteiger partial charge on any atom is -0.355 e. The van der Waals surface area contributed by atoms with Gasteiger partial charge in [-0.15, -0.1) is 24.4 Å². The third-order valence-corrected chi connectivity index (χ3v) is 6.98. The van der Waals surface area contributed by atoms with Gasteiger partial charge in [-0.2, -0.15) is 0 Å². The van der Waals surface area contributed by atoms with E-state index < -0.39 is 0 Å². The lowest BCUT2D eigenvalue weighted by atomic mass is 9.87. The van der Waals surface area contributed by atoms with Crippen molar-refractivity contribution in [2.45, 2.75) is 74.7 Å². The van der Waals surface area contributed by atoms with Gasteiger partial charge in [0, 0.05) is 44.0 Å². The number of benzene rings is 2. The first-order chi connectivity index (χ1) is 16.3. The normalized spacial score (nSPS) is 11.6. The van der Waals surface area contributed by atoms with Crippen LogP contribution >= 0.6 is 40.3 Å². The highest BCUT2D eigenvalue weighted by Gasteiger charge is 2.18.